The van der Waals surface area contributed by atoms with Crippen molar-refractivity contribution in [2.45, 2.75) is 52.1 Å². The summed E-state index contributed by atoms with van der Waals surface area (Å²) in [6.07, 6.45) is 4.92. The van der Waals surface area contributed by atoms with Crippen LogP contribution in [0.25, 0.3) is 0 Å². The molecule has 0 unspecified atom stereocenters. The molecule has 29 heavy (non-hydrogen) atoms. The fraction of sp³-hybridized carbons (Fsp3) is 0.522. The van der Waals surface area contributed by atoms with Crippen LogP contribution in [0.5, 0.6) is 5.75 Å². The van der Waals surface area contributed by atoms with Crippen molar-refractivity contribution >= 4 is 5.91 Å². The van der Waals surface area contributed by atoms with Crippen LogP contribution in [0, 0.1) is 6.92 Å². The van der Waals surface area contributed by atoms with Gasteiger partial charge in [-0.2, -0.15) is 0 Å². The maximum atomic E-state index is 11.6. The van der Waals surface area contributed by atoms with Gasteiger partial charge in [0.05, 0.1) is 12.8 Å². The number of methoxy groups -OCH3 is 1. The number of rotatable bonds is 4. The van der Waals surface area contributed by atoms with Gasteiger partial charge >= 0.3 is 0 Å². The van der Waals surface area contributed by atoms with E-state index in [1.165, 1.54) is 11.1 Å². The summed E-state index contributed by atoms with van der Waals surface area (Å²) in [5, 5.41) is 0. The molecule has 0 N–H and O–H groups in total. The van der Waals surface area contributed by atoms with Crippen LogP contribution < -0.4 is 4.74 Å². The van der Waals surface area contributed by atoms with E-state index < -0.39 is 0 Å². The maximum absolute atomic E-state index is 11.6. The van der Waals surface area contributed by atoms with E-state index in [4.69, 9.17) is 9.72 Å². The SMILES string of the molecule is COc1c(C)cccc1CN1CCC(c2ncc3c(n2)CCN(C(C)=O)C3)CC1. The lowest BCUT2D eigenvalue weighted by Crippen LogP contribution is -2.36. The lowest BCUT2D eigenvalue weighted by Gasteiger charge is -2.32. The third-order valence-electron chi connectivity index (χ3n) is 6.24. The van der Waals surface area contributed by atoms with E-state index in [1.807, 2.05) is 11.1 Å². The molecule has 1 aromatic carbocycles. The molecule has 0 aliphatic carbocycles. The predicted molar refractivity (Wildman–Crippen MR) is 112 cm³/mol. The summed E-state index contributed by atoms with van der Waals surface area (Å²) in [4.78, 5) is 25.5. The predicted octanol–water partition coefficient (Wildman–Crippen LogP) is 3.08. The number of fused-ring (bicyclic) bond motifs is 1. The van der Waals surface area contributed by atoms with Crippen molar-refractivity contribution in [2.24, 2.45) is 0 Å². The van der Waals surface area contributed by atoms with Crippen molar-refractivity contribution < 1.29 is 9.53 Å². The standard InChI is InChI=1S/C23H30N4O2/c1-16-5-4-6-19(22(16)29-3)14-26-10-7-18(8-11-26)23-24-13-20-15-27(17(2)28)12-9-21(20)25-23/h4-6,13,18H,7-12,14-15H2,1-3H3. The normalized spacial score (nSPS) is 17.8. The van der Waals surface area contributed by atoms with E-state index >= 15 is 0 Å². The molecule has 0 bridgehead atoms. The summed E-state index contributed by atoms with van der Waals surface area (Å²) in [6.45, 7) is 8.12. The van der Waals surface area contributed by atoms with Crippen LogP contribution in [0.3, 0.4) is 0 Å². The summed E-state index contributed by atoms with van der Waals surface area (Å²) in [5.41, 5.74) is 4.66. The summed E-state index contributed by atoms with van der Waals surface area (Å²) < 4.78 is 5.61. The number of piperidine rings is 1. The summed E-state index contributed by atoms with van der Waals surface area (Å²) >= 11 is 0. The number of hydrogen-bond acceptors (Lipinski definition) is 5. The highest BCUT2D eigenvalue weighted by Gasteiger charge is 2.26. The Labute approximate surface area is 172 Å². The van der Waals surface area contributed by atoms with Gasteiger partial charge < -0.3 is 9.64 Å². The Morgan fingerprint density at radius 2 is 2.03 bits per heavy atom. The first-order valence-corrected chi connectivity index (χ1v) is 10.5. The molecule has 154 valence electrons. The van der Waals surface area contributed by atoms with Crippen molar-refractivity contribution in [1.82, 2.24) is 19.8 Å². The van der Waals surface area contributed by atoms with Crippen molar-refractivity contribution in [2.75, 3.05) is 26.7 Å². The Bertz CT molecular complexity index is 890. The number of likely N-dealkylation sites (tertiary alicyclic amines) is 1. The fourth-order valence-electron chi connectivity index (χ4n) is 4.52. The molecule has 0 atom stereocenters. The van der Waals surface area contributed by atoms with Crippen molar-refractivity contribution in [1.29, 1.82) is 0 Å². The van der Waals surface area contributed by atoms with Crippen LogP contribution in [0.15, 0.2) is 24.4 Å². The van der Waals surface area contributed by atoms with Gasteiger partial charge in [-0.1, -0.05) is 18.2 Å². The van der Waals surface area contributed by atoms with E-state index in [0.29, 0.717) is 12.5 Å². The summed E-state index contributed by atoms with van der Waals surface area (Å²) in [6, 6.07) is 6.36. The van der Waals surface area contributed by atoms with E-state index in [1.54, 1.807) is 14.0 Å². The third-order valence-corrected chi connectivity index (χ3v) is 6.24. The molecule has 1 amide bonds. The van der Waals surface area contributed by atoms with Crippen LogP contribution >= 0.6 is 0 Å². The maximum Gasteiger partial charge on any atom is 0.219 e. The molecule has 2 aromatic rings. The molecule has 2 aliphatic rings. The molecule has 6 heteroatoms. The molecule has 3 heterocycles. The number of aromatic nitrogens is 2. The molecule has 0 radical (unpaired) electrons. The zero-order valence-electron chi connectivity index (χ0n) is 17.6. The van der Waals surface area contributed by atoms with Gasteiger partial charge in [-0.05, 0) is 38.4 Å². The Balaban J connectivity index is 1.38. The van der Waals surface area contributed by atoms with E-state index in [9.17, 15) is 4.79 Å². The number of ether oxygens (including phenoxy) is 1. The van der Waals surface area contributed by atoms with Gasteiger partial charge in [-0.15, -0.1) is 0 Å². The first kappa shape index (κ1) is 19.8. The third kappa shape index (κ3) is 4.27. The van der Waals surface area contributed by atoms with E-state index in [2.05, 4.69) is 35.0 Å². The Hall–Kier alpha value is -2.47. The summed E-state index contributed by atoms with van der Waals surface area (Å²) in [7, 11) is 1.75. The minimum Gasteiger partial charge on any atom is -0.496 e. The monoisotopic (exact) mass is 394 g/mol. The molecule has 1 saturated heterocycles. The molecule has 6 nitrogen and oxygen atoms in total. The Morgan fingerprint density at radius 3 is 2.76 bits per heavy atom. The second-order valence-electron chi connectivity index (χ2n) is 8.21. The smallest absolute Gasteiger partial charge is 0.219 e. The molecular formula is C23H30N4O2. The largest absolute Gasteiger partial charge is 0.496 e. The molecule has 4 rings (SSSR count). The number of carbonyl (C=O) groups is 1. The fourth-order valence-corrected chi connectivity index (χ4v) is 4.52. The molecule has 2 aliphatic heterocycles. The number of para-hydroxylation sites is 1. The lowest BCUT2D eigenvalue weighted by molar-refractivity contribution is -0.129. The number of carbonyl (C=O) groups excluding carboxylic acids is 1. The quantitative estimate of drug-likeness (QED) is 0.798. The lowest BCUT2D eigenvalue weighted by atomic mass is 9.94. The van der Waals surface area contributed by atoms with Gasteiger partial charge in [0.1, 0.15) is 11.6 Å². The van der Waals surface area contributed by atoms with E-state index in [-0.39, 0.29) is 5.91 Å². The van der Waals surface area contributed by atoms with E-state index in [0.717, 1.165) is 68.3 Å². The van der Waals surface area contributed by atoms with Gasteiger partial charge in [-0.3, -0.25) is 9.69 Å². The van der Waals surface area contributed by atoms with Gasteiger partial charge in [0.15, 0.2) is 0 Å². The molecule has 0 saturated carbocycles. The highest BCUT2D eigenvalue weighted by atomic mass is 16.5. The number of hydrogen-bond donors (Lipinski definition) is 0. The van der Waals surface area contributed by atoms with Crippen LogP contribution in [0.1, 0.15) is 53.9 Å². The average Bonchev–Trinajstić information content (AvgIpc) is 2.73. The van der Waals surface area contributed by atoms with Crippen molar-refractivity contribution in [3.05, 3.63) is 52.6 Å². The second-order valence-corrected chi connectivity index (χ2v) is 8.21. The van der Waals surface area contributed by atoms with Crippen LogP contribution in [-0.4, -0.2) is 52.4 Å². The Morgan fingerprint density at radius 1 is 1.24 bits per heavy atom. The molecule has 0 spiro atoms. The molecule has 1 fully saturated rings. The minimum atomic E-state index is 0.123. The first-order valence-electron chi connectivity index (χ1n) is 10.5. The van der Waals surface area contributed by atoms with Gasteiger partial charge in [-0.25, -0.2) is 9.97 Å². The molecular weight excluding hydrogens is 364 g/mol. The topological polar surface area (TPSA) is 58.6 Å². The zero-order valence-corrected chi connectivity index (χ0v) is 17.6. The van der Waals surface area contributed by atoms with Crippen molar-refractivity contribution in [3.63, 3.8) is 0 Å². The second kappa shape index (κ2) is 8.49. The average molecular weight is 395 g/mol. The van der Waals surface area contributed by atoms with Crippen molar-refractivity contribution in [3.8, 4) is 5.75 Å². The highest BCUT2D eigenvalue weighted by molar-refractivity contribution is 5.73. The van der Waals surface area contributed by atoms with Crippen LogP contribution in [-0.2, 0) is 24.3 Å². The van der Waals surface area contributed by atoms with Gasteiger partial charge in [0.25, 0.3) is 0 Å². The first-order chi connectivity index (χ1) is 14.0. The number of nitrogens with zero attached hydrogens (tertiary/aromatic N) is 4. The minimum absolute atomic E-state index is 0.123. The highest BCUT2D eigenvalue weighted by Crippen LogP contribution is 2.30. The van der Waals surface area contributed by atoms with Gasteiger partial charge in [0.2, 0.25) is 5.91 Å². The van der Waals surface area contributed by atoms with Gasteiger partial charge in [0, 0.05) is 56.2 Å². The number of aryl methyl sites for hydroxylation is 1. The summed E-state index contributed by atoms with van der Waals surface area (Å²) in [5.74, 6) is 2.53. The number of amides is 1. The zero-order chi connectivity index (χ0) is 20.4. The molecule has 1 aromatic heterocycles. The van der Waals surface area contributed by atoms with Crippen LogP contribution in [0.4, 0.5) is 0 Å². The Kier molecular flexibility index (Phi) is 5.81. The number of benzene rings is 1. The van der Waals surface area contributed by atoms with Crippen LogP contribution in [0.2, 0.25) is 0 Å².